The molecule has 2 aliphatic rings. The monoisotopic (exact) mass is 263 g/mol. The second-order valence-corrected chi connectivity index (χ2v) is 4.61. The molecule has 0 radical (unpaired) electrons. The Morgan fingerprint density at radius 1 is 1.47 bits per heavy atom. The van der Waals surface area contributed by atoms with Crippen LogP contribution in [0.2, 0.25) is 0 Å². The molecule has 0 aromatic carbocycles. The molecule has 7 nitrogen and oxygen atoms in total. The van der Waals surface area contributed by atoms with Crippen molar-refractivity contribution >= 4 is 23.5 Å². The second-order valence-electron chi connectivity index (χ2n) is 4.61. The number of pyridine rings is 1. The molecule has 19 heavy (non-hydrogen) atoms. The van der Waals surface area contributed by atoms with E-state index in [2.05, 4.69) is 10.3 Å². The minimum Gasteiger partial charge on any atom is -0.480 e. The minimum absolute atomic E-state index is 0.0208. The molecule has 0 aliphatic carbocycles. The molecule has 2 N–H and O–H groups in total. The summed E-state index contributed by atoms with van der Waals surface area (Å²) < 4.78 is 5.20. The number of nitrogens with one attached hydrogen (secondary N) is 1. The molecule has 3 heterocycles. The van der Waals surface area contributed by atoms with Gasteiger partial charge in [-0.05, 0) is 12.1 Å². The van der Waals surface area contributed by atoms with Gasteiger partial charge in [0.15, 0.2) is 18.2 Å². The number of rotatable bonds is 2. The highest BCUT2D eigenvalue weighted by Crippen LogP contribution is 2.30. The fraction of sp³-hybridized carbons (Fsp3) is 0.417. The fourth-order valence-corrected chi connectivity index (χ4v) is 2.23. The van der Waals surface area contributed by atoms with E-state index in [0.29, 0.717) is 30.4 Å². The van der Waals surface area contributed by atoms with E-state index >= 15 is 0 Å². The first-order valence-electron chi connectivity index (χ1n) is 6.02. The Labute approximate surface area is 109 Å². The Kier molecular flexibility index (Phi) is 2.83. The molecule has 0 bridgehead atoms. The van der Waals surface area contributed by atoms with E-state index in [9.17, 15) is 9.59 Å². The number of hydrogen-bond donors (Lipinski definition) is 2. The van der Waals surface area contributed by atoms with Crippen molar-refractivity contribution in [2.75, 3.05) is 30.0 Å². The van der Waals surface area contributed by atoms with Crippen LogP contribution >= 0.6 is 0 Å². The Morgan fingerprint density at radius 2 is 2.32 bits per heavy atom. The summed E-state index contributed by atoms with van der Waals surface area (Å²) in [7, 11) is 0. The lowest BCUT2D eigenvalue weighted by molar-refractivity contribution is -0.119. The fourth-order valence-electron chi connectivity index (χ4n) is 2.23. The minimum atomic E-state index is -0.266. The molecule has 1 fully saturated rings. The van der Waals surface area contributed by atoms with Gasteiger partial charge in [-0.25, -0.2) is 4.98 Å². The van der Waals surface area contributed by atoms with E-state index in [1.54, 1.807) is 12.1 Å². The van der Waals surface area contributed by atoms with Crippen molar-refractivity contribution in [3.63, 3.8) is 0 Å². The van der Waals surface area contributed by atoms with Crippen LogP contribution in [0.5, 0.6) is 5.75 Å². The number of carbonyl (C=O) groups excluding carboxylic acids is 2. The number of carbonyl (C=O) groups is 2. The molecule has 0 spiro atoms. The van der Waals surface area contributed by atoms with Crippen molar-refractivity contribution in [2.24, 2.45) is 5.92 Å². The van der Waals surface area contributed by atoms with Crippen LogP contribution in [0.15, 0.2) is 12.1 Å². The summed E-state index contributed by atoms with van der Waals surface area (Å²) in [4.78, 5) is 28.8. The van der Waals surface area contributed by atoms with Crippen LogP contribution in [0, 0.1) is 5.92 Å². The Hall–Kier alpha value is -2.15. The first-order chi connectivity index (χ1) is 9.17. The van der Waals surface area contributed by atoms with Gasteiger partial charge in [-0.3, -0.25) is 14.5 Å². The van der Waals surface area contributed by atoms with Crippen molar-refractivity contribution in [1.82, 2.24) is 4.98 Å². The third-order valence-electron chi connectivity index (χ3n) is 3.20. The van der Waals surface area contributed by atoms with Crippen molar-refractivity contribution in [3.05, 3.63) is 12.1 Å². The van der Waals surface area contributed by atoms with Crippen molar-refractivity contribution < 1.29 is 19.4 Å². The maximum Gasteiger partial charge on any atom is 0.263 e. The summed E-state index contributed by atoms with van der Waals surface area (Å²) in [5, 5.41) is 11.7. The number of aliphatic hydroxyl groups is 1. The molecule has 7 heteroatoms. The third-order valence-corrected chi connectivity index (χ3v) is 3.20. The van der Waals surface area contributed by atoms with Crippen LogP contribution < -0.4 is 15.0 Å². The molecule has 100 valence electrons. The van der Waals surface area contributed by atoms with E-state index < -0.39 is 0 Å². The number of nitrogens with zero attached hydrogens (tertiary/aromatic N) is 2. The molecule has 0 saturated carbocycles. The highest BCUT2D eigenvalue weighted by molar-refractivity contribution is 5.97. The molecule has 0 unspecified atom stereocenters. The molecule has 1 aromatic heterocycles. The number of hydrogen-bond acceptors (Lipinski definition) is 5. The third kappa shape index (κ3) is 2.12. The number of amides is 2. The van der Waals surface area contributed by atoms with Gasteiger partial charge >= 0.3 is 0 Å². The van der Waals surface area contributed by atoms with Crippen LogP contribution in [-0.2, 0) is 9.59 Å². The Balaban J connectivity index is 1.88. The molecular formula is C12H13N3O4. The van der Waals surface area contributed by atoms with E-state index in [1.165, 1.54) is 4.90 Å². The van der Waals surface area contributed by atoms with E-state index in [-0.39, 0.29) is 30.9 Å². The number of aromatic nitrogens is 1. The van der Waals surface area contributed by atoms with E-state index in [1.807, 2.05) is 0 Å². The lowest BCUT2D eigenvalue weighted by Gasteiger charge is -2.20. The summed E-state index contributed by atoms with van der Waals surface area (Å²) in [5.41, 5.74) is 0. The topological polar surface area (TPSA) is 91.8 Å². The van der Waals surface area contributed by atoms with Gasteiger partial charge in [0.05, 0.1) is 0 Å². The first-order valence-corrected chi connectivity index (χ1v) is 6.02. The summed E-state index contributed by atoms with van der Waals surface area (Å²) in [6.45, 7) is 0.395. The van der Waals surface area contributed by atoms with Crippen LogP contribution in [0.25, 0.3) is 0 Å². The van der Waals surface area contributed by atoms with Crippen molar-refractivity contribution in [3.8, 4) is 5.75 Å². The quantitative estimate of drug-likeness (QED) is 0.768. The maximum absolute atomic E-state index is 11.8. The molecule has 1 saturated heterocycles. The zero-order valence-electron chi connectivity index (χ0n) is 10.1. The highest BCUT2D eigenvalue weighted by atomic mass is 16.5. The number of ether oxygens (including phenoxy) is 1. The largest absolute Gasteiger partial charge is 0.480 e. The van der Waals surface area contributed by atoms with Gasteiger partial charge in [-0.2, -0.15) is 0 Å². The normalized spacial score (nSPS) is 21.9. The predicted molar refractivity (Wildman–Crippen MR) is 65.9 cm³/mol. The SMILES string of the molecule is O=C1COc2ccc(N3C[C@@H](CO)CC3=O)nc2N1. The molecule has 2 aliphatic heterocycles. The lowest BCUT2D eigenvalue weighted by atomic mass is 10.1. The average molecular weight is 263 g/mol. The zero-order valence-corrected chi connectivity index (χ0v) is 10.1. The number of anilines is 2. The van der Waals surface area contributed by atoms with Crippen LogP contribution in [0.3, 0.4) is 0 Å². The van der Waals surface area contributed by atoms with Crippen LogP contribution in [-0.4, -0.2) is 41.7 Å². The molecule has 3 rings (SSSR count). The van der Waals surface area contributed by atoms with Gasteiger partial charge < -0.3 is 15.2 Å². The Bertz CT molecular complexity index is 546. The smallest absolute Gasteiger partial charge is 0.263 e. The highest BCUT2D eigenvalue weighted by Gasteiger charge is 2.31. The molecular weight excluding hydrogens is 250 g/mol. The van der Waals surface area contributed by atoms with Gasteiger partial charge in [0.1, 0.15) is 5.82 Å². The molecule has 2 amide bonds. The summed E-state index contributed by atoms with van der Waals surface area (Å²) in [6.07, 6.45) is 0.318. The summed E-state index contributed by atoms with van der Waals surface area (Å²) in [5.74, 6) is 0.886. The molecule has 1 atom stereocenters. The van der Waals surface area contributed by atoms with Gasteiger partial charge in [-0.15, -0.1) is 0 Å². The van der Waals surface area contributed by atoms with Gasteiger partial charge in [-0.1, -0.05) is 0 Å². The maximum atomic E-state index is 11.8. The predicted octanol–water partition coefficient (Wildman–Crippen LogP) is -0.242. The van der Waals surface area contributed by atoms with Crippen LogP contribution in [0.4, 0.5) is 11.6 Å². The standard InChI is InChI=1S/C12H13N3O4/c16-5-7-3-11(18)15(4-7)9-2-1-8-12(13-9)14-10(17)6-19-8/h1-2,7,16H,3-6H2,(H,13,14,17)/t7-/m0/s1. The average Bonchev–Trinajstić information content (AvgIpc) is 2.79. The van der Waals surface area contributed by atoms with Gasteiger partial charge in [0, 0.05) is 25.5 Å². The summed E-state index contributed by atoms with van der Waals surface area (Å²) >= 11 is 0. The van der Waals surface area contributed by atoms with Gasteiger partial charge in [0.2, 0.25) is 5.91 Å². The zero-order chi connectivity index (χ0) is 13.4. The second kappa shape index (κ2) is 4.51. The number of fused-ring (bicyclic) bond motifs is 1. The van der Waals surface area contributed by atoms with Crippen LogP contribution in [0.1, 0.15) is 6.42 Å². The first kappa shape index (κ1) is 11.9. The Morgan fingerprint density at radius 3 is 3.05 bits per heavy atom. The van der Waals surface area contributed by atoms with E-state index in [0.717, 1.165) is 0 Å². The van der Waals surface area contributed by atoms with Crippen molar-refractivity contribution in [1.29, 1.82) is 0 Å². The molecule has 1 aromatic rings. The number of aliphatic hydroxyl groups excluding tert-OH is 1. The lowest BCUT2D eigenvalue weighted by Crippen LogP contribution is -2.29. The van der Waals surface area contributed by atoms with E-state index in [4.69, 9.17) is 9.84 Å². The van der Waals surface area contributed by atoms with Gasteiger partial charge in [0.25, 0.3) is 5.91 Å². The van der Waals surface area contributed by atoms with Crippen molar-refractivity contribution in [2.45, 2.75) is 6.42 Å². The summed E-state index contributed by atoms with van der Waals surface area (Å²) in [6, 6.07) is 3.35.